The van der Waals surface area contributed by atoms with Crippen LogP contribution >= 0.6 is 0 Å². The number of nitrogens with one attached hydrogen (secondary N) is 1. The minimum absolute atomic E-state index is 0.185. The fourth-order valence-electron chi connectivity index (χ4n) is 3.14. The Bertz CT molecular complexity index is 458. The Morgan fingerprint density at radius 3 is 2.52 bits per heavy atom. The summed E-state index contributed by atoms with van der Waals surface area (Å²) in [6, 6.07) is 5.66. The van der Waals surface area contributed by atoms with Crippen molar-refractivity contribution in [3.63, 3.8) is 0 Å². The summed E-state index contributed by atoms with van der Waals surface area (Å²) >= 11 is 0. The summed E-state index contributed by atoms with van der Waals surface area (Å²) in [6.45, 7) is 1.81. The van der Waals surface area contributed by atoms with E-state index in [0.717, 1.165) is 6.42 Å². The molecule has 1 saturated carbocycles. The van der Waals surface area contributed by atoms with Crippen molar-refractivity contribution >= 4 is 0 Å². The van der Waals surface area contributed by atoms with Crippen molar-refractivity contribution in [2.24, 2.45) is 5.92 Å². The van der Waals surface area contributed by atoms with Gasteiger partial charge in [-0.15, -0.1) is 0 Å². The standard InChI is InChI=1S/C16H21F4N/c1-11(10-12-6-2-4-8-14(12)17)21-15-9-5-3-7-13(15)16(18,19)20/h2,4,6,8,11,13,15,21H,3,5,7,9-10H2,1H3. The molecule has 21 heavy (non-hydrogen) atoms. The monoisotopic (exact) mass is 303 g/mol. The molecule has 5 heteroatoms. The first-order chi connectivity index (χ1) is 9.88. The van der Waals surface area contributed by atoms with Crippen molar-refractivity contribution in [1.82, 2.24) is 5.32 Å². The number of rotatable bonds is 4. The van der Waals surface area contributed by atoms with E-state index in [0.29, 0.717) is 24.8 Å². The lowest BCUT2D eigenvalue weighted by atomic mass is 9.83. The molecule has 1 aliphatic carbocycles. The van der Waals surface area contributed by atoms with Gasteiger partial charge < -0.3 is 5.32 Å². The van der Waals surface area contributed by atoms with E-state index < -0.39 is 18.1 Å². The van der Waals surface area contributed by atoms with Gasteiger partial charge in [0.15, 0.2) is 0 Å². The first-order valence-corrected chi connectivity index (χ1v) is 7.44. The lowest BCUT2D eigenvalue weighted by molar-refractivity contribution is -0.189. The molecule has 0 spiro atoms. The van der Waals surface area contributed by atoms with Gasteiger partial charge >= 0.3 is 6.18 Å². The van der Waals surface area contributed by atoms with Crippen LogP contribution in [0.1, 0.15) is 38.2 Å². The highest BCUT2D eigenvalue weighted by Crippen LogP contribution is 2.37. The maximum Gasteiger partial charge on any atom is 0.393 e. The average Bonchev–Trinajstić information content (AvgIpc) is 2.41. The normalized spacial score (nSPS) is 24.8. The Morgan fingerprint density at radius 1 is 1.19 bits per heavy atom. The molecule has 0 aromatic heterocycles. The lowest BCUT2D eigenvalue weighted by Crippen LogP contribution is -2.49. The maximum absolute atomic E-state index is 13.6. The molecule has 118 valence electrons. The van der Waals surface area contributed by atoms with Crippen LogP contribution in [0.25, 0.3) is 0 Å². The van der Waals surface area contributed by atoms with Crippen molar-refractivity contribution in [3.05, 3.63) is 35.6 Å². The summed E-state index contributed by atoms with van der Waals surface area (Å²) in [5, 5.41) is 3.06. The zero-order valence-electron chi connectivity index (χ0n) is 12.1. The third-order valence-electron chi connectivity index (χ3n) is 4.17. The van der Waals surface area contributed by atoms with E-state index in [1.54, 1.807) is 18.2 Å². The SMILES string of the molecule is CC(Cc1ccccc1F)NC1CCCCC1C(F)(F)F. The van der Waals surface area contributed by atoms with Gasteiger partial charge in [0.05, 0.1) is 5.92 Å². The van der Waals surface area contributed by atoms with E-state index in [1.165, 1.54) is 6.07 Å². The summed E-state index contributed by atoms with van der Waals surface area (Å²) < 4.78 is 52.7. The van der Waals surface area contributed by atoms with Crippen LogP contribution in [0.15, 0.2) is 24.3 Å². The van der Waals surface area contributed by atoms with E-state index in [4.69, 9.17) is 0 Å². The first-order valence-electron chi connectivity index (χ1n) is 7.44. The molecule has 0 amide bonds. The van der Waals surface area contributed by atoms with Gasteiger partial charge in [0.1, 0.15) is 5.82 Å². The fourth-order valence-corrected chi connectivity index (χ4v) is 3.14. The van der Waals surface area contributed by atoms with E-state index in [2.05, 4.69) is 5.32 Å². The minimum atomic E-state index is -4.16. The summed E-state index contributed by atoms with van der Waals surface area (Å²) in [5.74, 6) is -1.59. The molecule has 1 nitrogen and oxygen atoms in total. The van der Waals surface area contributed by atoms with E-state index in [9.17, 15) is 17.6 Å². The Balaban J connectivity index is 1.97. The topological polar surface area (TPSA) is 12.0 Å². The molecule has 3 atom stereocenters. The molecule has 1 aromatic rings. The third kappa shape index (κ3) is 4.43. The van der Waals surface area contributed by atoms with Crippen molar-refractivity contribution < 1.29 is 17.6 Å². The number of benzene rings is 1. The van der Waals surface area contributed by atoms with Crippen LogP contribution in [-0.4, -0.2) is 18.3 Å². The molecule has 0 heterocycles. The van der Waals surface area contributed by atoms with Gasteiger partial charge in [-0.1, -0.05) is 31.0 Å². The zero-order chi connectivity index (χ0) is 15.5. The summed E-state index contributed by atoms with van der Waals surface area (Å²) in [5.41, 5.74) is 0.539. The van der Waals surface area contributed by atoms with E-state index >= 15 is 0 Å². The summed E-state index contributed by atoms with van der Waals surface area (Å²) in [6.07, 6.45) is -1.59. The first kappa shape index (κ1) is 16.3. The molecule has 2 rings (SSSR count). The highest BCUT2D eigenvalue weighted by atomic mass is 19.4. The highest BCUT2D eigenvalue weighted by Gasteiger charge is 2.45. The average molecular weight is 303 g/mol. The number of hydrogen-bond donors (Lipinski definition) is 1. The van der Waals surface area contributed by atoms with Crippen LogP contribution in [-0.2, 0) is 6.42 Å². The number of alkyl halides is 3. The second-order valence-electron chi connectivity index (χ2n) is 5.90. The predicted molar refractivity (Wildman–Crippen MR) is 74.5 cm³/mol. The molecule has 0 saturated heterocycles. The second kappa shape index (κ2) is 6.77. The van der Waals surface area contributed by atoms with E-state index in [-0.39, 0.29) is 18.3 Å². The number of hydrogen-bond acceptors (Lipinski definition) is 1. The van der Waals surface area contributed by atoms with Gasteiger partial charge in [0.25, 0.3) is 0 Å². The van der Waals surface area contributed by atoms with Crippen LogP contribution in [0, 0.1) is 11.7 Å². The van der Waals surface area contributed by atoms with Crippen LogP contribution < -0.4 is 5.32 Å². The number of halogens is 4. The highest BCUT2D eigenvalue weighted by molar-refractivity contribution is 5.18. The van der Waals surface area contributed by atoms with Crippen molar-refractivity contribution in [1.29, 1.82) is 0 Å². The van der Waals surface area contributed by atoms with Crippen molar-refractivity contribution in [3.8, 4) is 0 Å². The molecule has 1 aromatic carbocycles. The molecule has 1 N–H and O–H groups in total. The van der Waals surface area contributed by atoms with Gasteiger partial charge in [0.2, 0.25) is 0 Å². The van der Waals surface area contributed by atoms with Gasteiger partial charge in [-0.25, -0.2) is 4.39 Å². The molecule has 0 bridgehead atoms. The van der Waals surface area contributed by atoms with Crippen LogP contribution in [0.4, 0.5) is 17.6 Å². The Kier molecular flexibility index (Phi) is 5.25. The quantitative estimate of drug-likeness (QED) is 0.809. The maximum atomic E-state index is 13.6. The Labute approximate surface area is 122 Å². The zero-order valence-corrected chi connectivity index (χ0v) is 12.1. The van der Waals surface area contributed by atoms with Gasteiger partial charge in [-0.3, -0.25) is 0 Å². The summed E-state index contributed by atoms with van der Waals surface area (Å²) in [4.78, 5) is 0. The van der Waals surface area contributed by atoms with Crippen molar-refractivity contribution in [2.45, 2.75) is 57.3 Å². The smallest absolute Gasteiger partial charge is 0.311 e. The molecular weight excluding hydrogens is 282 g/mol. The lowest BCUT2D eigenvalue weighted by Gasteiger charge is -2.35. The third-order valence-corrected chi connectivity index (χ3v) is 4.17. The minimum Gasteiger partial charge on any atom is -0.311 e. The largest absolute Gasteiger partial charge is 0.393 e. The predicted octanol–water partition coefficient (Wildman–Crippen LogP) is 4.47. The Morgan fingerprint density at radius 2 is 1.86 bits per heavy atom. The fraction of sp³-hybridized carbons (Fsp3) is 0.625. The molecule has 1 aliphatic rings. The molecule has 0 aliphatic heterocycles. The van der Waals surface area contributed by atoms with Gasteiger partial charge in [-0.2, -0.15) is 13.2 Å². The molecular formula is C16H21F4N. The molecule has 3 unspecified atom stereocenters. The van der Waals surface area contributed by atoms with Crippen LogP contribution in [0.2, 0.25) is 0 Å². The van der Waals surface area contributed by atoms with Crippen molar-refractivity contribution in [2.75, 3.05) is 0 Å². The second-order valence-corrected chi connectivity index (χ2v) is 5.90. The van der Waals surface area contributed by atoms with Crippen LogP contribution in [0.3, 0.4) is 0 Å². The molecule has 1 fully saturated rings. The summed E-state index contributed by atoms with van der Waals surface area (Å²) in [7, 11) is 0. The molecule has 0 radical (unpaired) electrons. The Hall–Kier alpha value is -1.10. The van der Waals surface area contributed by atoms with Crippen LogP contribution in [0.5, 0.6) is 0 Å². The van der Waals surface area contributed by atoms with Gasteiger partial charge in [-0.05, 0) is 37.8 Å². The van der Waals surface area contributed by atoms with E-state index in [1.807, 2.05) is 6.92 Å². The van der Waals surface area contributed by atoms with Gasteiger partial charge in [0, 0.05) is 12.1 Å².